The third-order valence-electron chi connectivity index (χ3n) is 7.34. The van der Waals surface area contributed by atoms with Gasteiger partial charge in [-0.05, 0) is 45.7 Å². The third kappa shape index (κ3) is 4.21. The van der Waals surface area contributed by atoms with E-state index in [2.05, 4.69) is 5.32 Å². The van der Waals surface area contributed by atoms with Gasteiger partial charge in [-0.25, -0.2) is 0 Å². The number of nitrogens with one attached hydrogen (secondary N) is 1. The van der Waals surface area contributed by atoms with Crippen molar-refractivity contribution in [3.63, 3.8) is 0 Å². The predicted molar refractivity (Wildman–Crippen MR) is 142 cm³/mol. The van der Waals surface area contributed by atoms with Crippen LogP contribution >= 0.6 is 0 Å². The van der Waals surface area contributed by atoms with Crippen LogP contribution in [0.4, 0.5) is 5.69 Å². The normalized spacial score (nSPS) is 18.9. The number of methoxy groups -OCH3 is 2. The molecule has 0 aromatic heterocycles. The Labute approximate surface area is 229 Å². The van der Waals surface area contributed by atoms with Gasteiger partial charge in [0.1, 0.15) is 34.0 Å². The van der Waals surface area contributed by atoms with Crippen LogP contribution in [0.2, 0.25) is 0 Å². The number of ketones is 3. The van der Waals surface area contributed by atoms with Crippen molar-refractivity contribution in [2.75, 3.05) is 26.0 Å². The first-order valence-electron chi connectivity index (χ1n) is 12.2. The minimum absolute atomic E-state index is 0.00197. The first-order valence-corrected chi connectivity index (χ1v) is 12.2. The van der Waals surface area contributed by atoms with Gasteiger partial charge in [-0.2, -0.15) is 0 Å². The highest BCUT2D eigenvalue weighted by molar-refractivity contribution is 6.31. The number of phenolic OH excluding ortho intramolecular Hbond substituents is 2. The molecule has 4 N–H and O–H groups in total. The monoisotopic (exact) mass is 553 g/mol. The lowest BCUT2D eigenvalue weighted by atomic mass is 9.70. The van der Waals surface area contributed by atoms with Gasteiger partial charge in [0, 0.05) is 29.9 Å². The van der Waals surface area contributed by atoms with E-state index < -0.39 is 34.3 Å². The highest BCUT2D eigenvalue weighted by atomic mass is 16.8. The van der Waals surface area contributed by atoms with E-state index >= 15 is 0 Å². The summed E-state index contributed by atoms with van der Waals surface area (Å²) < 4.78 is 16.2. The molecule has 2 aliphatic rings. The summed E-state index contributed by atoms with van der Waals surface area (Å²) in [6.07, 6.45) is 1.32. The van der Waals surface area contributed by atoms with E-state index in [1.807, 2.05) is 0 Å². The molecule has 12 nitrogen and oxygen atoms in total. The fourth-order valence-electron chi connectivity index (χ4n) is 5.12. The standard InChI is InChI=1S/C28H29N2O10/c1-12-24(33)22(14(3)31)26-23(25(12)34)28(4)20(40-26)11-17(32)21(27(28)35)13(2)29-8-7-15-9-18(38-5)19(39-6)10-16(15)30(36)37/h9-11,29,33-34,36H,7-8H2,1-6H3/q-1. The maximum Gasteiger partial charge on any atom is 0.194 e. The van der Waals surface area contributed by atoms with Crippen molar-refractivity contribution >= 4 is 23.0 Å². The average Bonchev–Trinajstić information content (AvgIpc) is 3.19. The molecule has 4 rings (SSSR count). The second kappa shape index (κ2) is 10.2. The van der Waals surface area contributed by atoms with Crippen LogP contribution in [0.5, 0.6) is 28.7 Å². The number of Topliss-reactive ketones (excluding diaryl/α,β-unsaturated/α-hetero) is 2. The maximum absolute atomic E-state index is 13.9. The molecule has 1 unspecified atom stereocenters. The lowest BCUT2D eigenvalue weighted by molar-refractivity contribution is -0.123. The molecule has 40 heavy (non-hydrogen) atoms. The number of phenols is 2. The summed E-state index contributed by atoms with van der Waals surface area (Å²) in [7, 11) is 2.82. The van der Waals surface area contributed by atoms with E-state index in [0.29, 0.717) is 11.3 Å². The van der Waals surface area contributed by atoms with E-state index in [9.17, 15) is 35.0 Å². The fourth-order valence-corrected chi connectivity index (χ4v) is 5.12. The van der Waals surface area contributed by atoms with Crippen LogP contribution in [0.15, 0.2) is 35.2 Å². The van der Waals surface area contributed by atoms with Crippen molar-refractivity contribution in [3.8, 4) is 28.7 Å². The molecule has 1 atom stereocenters. The highest BCUT2D eigenvalue weighted by Crippen LogP contribution is 2.57. The first-order chi connectivity index (χ1) is 18.8. The first kappa shape index (κ1) is 28.5. The number of anilines is 1. The number of hydrogen-bond acceptors (Lipinski definition) is 12. The summed E-state index contributed by atoms with van der Waals surface area (Å²) >= 11 is 0. The smallest absolute Gasteiger partial charge is 0.194 e. The average molecular weight is 554 g/mol. The Bertz CT molecular complexity index is 1520. The van der Waals surface area contributed by atoms with Crippen LogP contribution in [0.1, 0.15) is 47.8 Å². The van der Waals surface area contributed by atoms with Gasteiger partial charge >= 0.3 is 0 Å². The SMILES string of the molecule is COc1cc(CCNC(C)=C2C(=O)C=C3Oc4c(C(C)=O)c(O)c(C)c(O)c4C3(C)C2=O)c(N([O-])O)cc1OC. The van der Waals surface area contributed by atoms with Crippen molar-refractivity contribution in [2.45, 2.75) is 39.5 Å². The van der Waals surface area contributed by atoms with E-state index in [1.54, 1.807) is 0 Å². The molecule has 0 saturated heterocycles. The summed E-state index contributed by atoms with van der Waals surface area (Å²) in [5.41, 5.74) is -1.44. The Morgan fingerprint density at radius 3 is 2.33 bits per heavy atom. The van der Waals surface area contributed by atoms with Crippen LogP contribution < -0.4 is 24.8 Å². The summed E-state index contributed by atoms with van der Waals surface area (Å²) in [5.74, 6) is -2.37. The molecule has 2 aromatic rings. The molecule has 0 amide bonds. The molecule has 1 aliphatic heterocycles. The van der Waals surface area contributed by atoms with Crippen LogP contribution in [0.25, 0.3) is 0 Å². The third-order valence-corrected chi connectivity index (χ3v) is 7.34. The molecule has 2 aromatic carbocycles. The molecule has 0 bridgehead atoms. The fraction of sp³-hybridized carbons (Fsp3) is 0.321. The van der Waals surface area contributed by atoms with E-state index in [-0.39, 0.29) is 69.1 Å². The number of nitrogens with zero attached hydrogens (tertiary/aromatic N) is 1. The van der Waals surface area contributed by atoms with Crippen molar-refractivity contribution in [3.05, 3.63) is 62.7 Å². The quantitative estimate of drug-likeness (QED) is 0.163. The zero-order valence-corrected chi connectivity index (χ0v) is 22.8. The highest BCUT2D eigenvalue weighted by Gasteiger charge is 2.56. The molecule has 0 spiro atoms. The Hall–Kier alpha value is -4.55. The molecule has 12 heteroatoms. The van der Waals surface area contributed by atoms with Gasteiger partial charge in [-0.1, -0.05) is 0 Å². The zero-order valence-electron chi connectivity index (χ0n) is 22.8. The predicted octanol–water partition coefficient (Wildman–Crippen LogP) is 3.11. The molecular weight excluding hydrogens is 524 g/mol. The summed E-state index contributed by atoms with van der Waals surface area (Å²) in [6, 6.07) is 2.86. The lowest BCUT2D eigenvalue weighted by Gasteiger charge is -2.29. The second-order valence-corrected chi connectivity index (χ2v) is 9.67. The molecule has 0 saturated carbocycles. The Morgan fingerprint density at radius 2 is 1.75 bits per heavy atom. The molecule has 1 heterocycles. The van der Waals surface area contributed by atoms with Crippen LogP contribution in [-0.4, -0.2) is 53.5 Å². The second-order valence-electron chi connectivity index (χ2n) is 9.67. The minimum atomic E-state index is -1.63. The van der Waals surface area contributed by atoms with Crippen LogP contribution in [0.3, 0.4) is 0 Å². The van der Waals surface area contributed by atoms with Crippen molar-refractivity contribution in [1.29, 1.82) is 0 Å². The minimum Gasteiger partial charge on any atom is -0.733 e. The number of allylic oxidation sites excluding steroid dienone is 4. The number of aromatic hydroxyl groups is 2. The number of rotatable bonds is 8. The summed E-state index contributed by atoms with van der Waals surface area (Å²) in [4.78, 5) is 39.3. The number of carbonyl (C=O) groups excluding carboxylic acids is 3. The summed E-state index contributed by atoms with van der Waals surface area (Å²) in [5, 5.41) is 45.4. The number of ether oxygens (including phenoxy) is 3. The Morgan fingerprint density at radius 1 is 1.12 bits per heavy atom. The van der Waals surface area contributed by atoms with Gasteiger partial charge in [0.05, 0.1) is 31.0 Å². The van der Waals surface area contributed by atoms with E-state index in [0.717, 1.165) is 6.08 Å². The van der Waals surface area contributed by atoms with Gasteiger partial charge < -0.3 is 40.2 Å². The number of carbonyl (C=O) groups is 3. The molecule has 212 valence electrons. The number of hydrogen-bond donors (Lipinski definition) is 4. The van der Waals surface area contributed by atoms with Gasteiger partial charge in [0.15, 0.2) is 28.8 Å². The van der Waals surface area contributed by atoms with E-state index in [4.69, 9.17) is 14.2 Å². The maximum atomic E-state index is 13.9. The van der Waals surface area contributed by atoms with Gasteiger partial charge in [-0.3, -0.25) is 19.6 Å². The molecule has 0 radical (unpaired) electrons. The van der Waals surface area contributed by atoms with Gasteiger partial charge in [-0.15, -0.1) is 0 Å². The van der Waals surface area contributed by atoms with Crippen LogP contribution in [0, 0.1) is 12.1 Å². The molecule has 0 fully saturated rings. The van der Waals surface area contributed by atoms with Gasteiger partial charge in [0.25, 0.3) is 0 Å². The topological polar surface area (TPSA) is 178 Å². The Kier molecular flexibility index (Phi) is 7.26. The summed E-state index contributed by atoms with van der Waals surface area (Å²) in [6.45, 7) is 5.79. The molecular formula is C28H29N2O10-. The largest absolute Gasteiger partial charge is 0.733 e. The Balaban J connectivity index is 1.70. The van der Waals surface area contributed by atoms with Crippen molar-refractivity contribution in [2.24, 2.45) is 0 Å². The number of fused-ring (bicyclic) bond motifs is 3. The van der Waals surface area contributed by atoms with Crippen molar-refractivity contribution < 1.29 is 44.0 Å². The zero-order chi connectivity index (χ0) is 29.7. The molecule has 1 aliphatic carbocycles. The van der Waals surface area contributed by atoms with E-state index in [1.165, 1.54) is 54.0 Å². The lowest BCUT2D eigenvalue weighted by Crippen LogP contribution is -2.41. The van der Waals surface area contributed by atoms with Crippen LogP contribution in [-0.2, 0) is 21.4 Å². The van der Waals surface area contributed by atoms with Crippen molar-refractivity contribution in [1.82, 2.24) is 5.32 Å². The number of benzene rings is 2. The van der Waals surface area contributed by atoms with Gasteiger partial charge in [0.2, 0.25) is 0 Å².